The number of hydrogen-bond acceptors (Lipinski definition) is 6. The van der Waals surface area contributed by atoms with Crippen LogP contribution in [0.5, 0.6) is 0 Å². The van der Waals surface area contributed by atoms with Crippen molar-refractivity contribution in [2.75, 3.05) is 23.9 Å². The normalized spacial score (nSPS) is 11.9. The molecule has 0 saturated carbocycles. The van der Waals surface area contributed by atoms with E-state index in [1.807, 2.05) is 0 Å². The summed E-state index contributed by atoms with van der Waals surface area (Å²) in [5.41, 5.74) is 6.30. The van der Waals surface area contributed by atoms with E-state index in [0.29, 0.717) is 5.65 Å². The minimum absolute atomic E-state index is 0.135. The molecule has 2 aromatic rings. The van der Waals surface area contributed by atoms with E-state index in [4.69, 9.17) is 5.73 Å². The number of aromatic amines is 1. The molecule has 0 aliphatic rings. The van der Waals surface area contributed by atoms with Gasteiger partial charge in [0.1, 0.15) is 5.82 Å². The molecule has 0 aromatic carbocycles. The van der Waals surface area contributed by atoms with Crippen molar-refractivity contribution in [2.45, 2.75) is 18.6 Å². The smallest absolute Gasteiger partial charge is 0.224 e. The maximum absolute atomic E-state index is 5.64. The van der Waals surface area contributed by atoms with E-state index in [2.05, 4.69) is 45.6 Å². The first-order valence-corrected chi connectivity index (χ1v) is 6.50. The van der Waals surface area contributed by atoms with Gasteiger partial charge in [0.2, 0.25) is 5.95 Å². The molecule has 0 spiro atoms. The van der Waals surface area contributed by atoms with Gasteiger partial charge in [-0.15, -0.1) is 0 Å². The largest absolute Gasteiger partial charge is 0.368 e. The molecule has 0 bridgehead atoms. The van der Waals surface area contributed by atoms with Crippen molar-refractivity contribution in [1.82, 2.24) is 20.2 Å². The highest BCUT2D eigenvalue weighted by Gasteiger charge is 2.17. The third-order valence-corrected chi connectivity index (χ3v) is 3.81. The molecule has 17 heavy (non-hydrogen) atoms. The molecule has 2 heterocycles. The van der Waals surface area contributed by atoms with E-state index in [0.717, 1.165) is 17.7 Å². The third-order valence-electron chi connectivity index (χ3n) is 2.56. The molecule has 0 aliphatic heterocycles. The topological polar surface area (TPSA) is 92.5 Å². The van der Waals surface area contributed by atoms with Crippen molar-refractivity contribution in [3.8, 4) is 0 Å². The van der Waals surface area contributed by atoms with E-state index in [1.165, 1.54) is 0 Å². The molecule has 7 heteroatoms. The summed E-state index contributed by atoms with van der Waals surface area (Å²) < 4.78 is 0.135. The number of nitrogens with one attached hydrogen (secondary N) is 2. The Bertz CT molecular complexity index is 520. The summed E-state index contributed by atoms with van der Waals surface area (Å²) in [7, 11) is 0. The molecule has 0 aliphatic carbocycles. The standard InChI is InChI=1S/C10H16N6S/c1-10(2,17-3)5-12-7-6-4-13-16-8(6)15-9(11)14-7/h4H,5H2,1-3H3,(H4,11,12,13,14,15,16). The number of aromatic nitrogens is 4. The van der Waals surface area contributed by atoms with Crippen molar-refractivity contribution >= 4 is 34.6 Å². The van der Waals surface area contributed by atoms with Gasteiger partial charge in [0.05, 0.1) is 11.6 Å². The van der Waals surface area contributed by atoms with Gasteiger partial charge < -0.3 is 11.1 Å². The highest BCUT2D eigenvalue weighted by molar-refractivity contribution is 7.99. The van der Waals surface area contributed by atoms with E-state index in [-0.39, 0.29) is 10.7 Å². The summed E-state index contributed by atoms with van der Waals surface area (Å²) in [5.74, 6) is 0.967. The third kappa shape index (κ3) is 2.60. The summed E-state index contributed by atoms with van der Waals surface area (Å²) in [6.45, 7) is 5.13. The number of fused-ring (bicyclic) bond motifs is 1. The Labute approximate surface area is 104 Å². The first-order chi connectivity index (χ1) is 8.02. The zero-order valence-electron chi connectivity index (χ0n) is 10.1. The average molecular weight is 252 g/mol. The fraction of sp³-hybridized carbons (Fsp3) is 0.500. The molecule has 4 N–H and O–H groups in total. The van der Waals surface area contributed by atoms with Gasteiger partial charge >= 0.3 is 0 Å². The van der Waals surface area contributed by atoms with Crippen LogP contribution < -0.4 is 11.1 Å². The minimum atomic E-state index is 0.135. The van der Waals surface area contributed by atoms with Crippen molar-refractivity contribution in [2.24, 2.45) is 0 Å². The van der Waals surface area contributed by atoms with Crippen LogP contribution in [0.25, 0.3) is 11.0 Å². The Morgan fingerprint density at radius 3 is 2.94 bits per heavy atom. The van der Waals surface area contributed by atoms with Crippen LogP contribution >= 0.6 is 11.8 Å². The van der Waals surface area contributed by atoms with E-state index < -0.39 is 0 Å². The highest BCUT2D eigenvalue weighted by atomic mass is 32.2. The Kier molecular flexibility index (Phi) is 3.10. The predicted octanol–water partition coefficient (Wildman–Crippen LogP) is 1.49. The van der Waals surface area contributed by atoms with Gasteiger partial charge in [0, 0.05) is 11.3 Å². The van der Waals surface area contributed by atoms with E-state index in [1.54, 1.807) is 18.0 Å². The van der Waals surface area contributed by atoms with Gasteiger partial charge in [0.15, 0.2) is 5.65 Å². The number of hydrogen-bond donors (Lipinski definition) is 3. The summed E-state index contributed by atoms with van der Waals surface area (Å²) in [6, 6.07) is 0. The zero-order chi connectivity index (χ0) is 12.5. The number of nitrogens with zero attached hydrogens (tertiary/aromatic N) is 3. The van der Waals surface area contributed by atoms with Crippen LogP contribution in [0.2, 0.25) is 0 Å². The average Bonchev–Trinajstić information content (AvgIpc) is 2.73. The van der Waals surface area contributed by atoms with Crippen LogP contribution in [-0.4, -0.2) is 37.7 Å². The first kappa shape index (κ1) is 12.0. The number of anilines is 2. The van der Waals surface area contributed by atoms with Gasteiger partial charge in [-0.25, -0.2) is 0 Å². The second-order valence-electron chi connectivity index (χ2n) is 4.38. The SMILES string of the molecule is CSC(C)(C)CNc1nc(N)nc2[nH]ncc12. The fourth-order valence-electron chi connectivity index (χ4n) is 1.36. The Hall–Kier alpha value is -1.50. The Morgan fingerprint density at radius 1 is 1.47 bits per heavy atom. The molecular formula is C10H16N6S. The Balaban J connectivity index is 2.26. The van der Waals surface area contributed by atoms with E-state index in [9.17, 15) is 0 Å². The second-order valence-corrected chi connectivity index (χ2v) is 5.89. The van der Waals surface area contributed by atoms with Gasteiger partial charge in [-0.1, -0.05) is 0 Å². The number of nitrogens with two attached hydrogens (primary N) is 1. The summed E-state index contributed by atoms with van der Waals surface area (Å²) in [5, 5.41) is 10.9. The molecule has 0 saturated heterocycles. The lowest BCUT2D eigenvalue weighted by atomic mass is 10.2. The fourth-order valence-corrected chi connectivity index (χ4v) is 1.57. The lowest BCUT2D eigenvalue weighted by Crippen LogP contribution is -2.26. The number of nitrogen functional groups attached to an aromatic ring is 1. The molecule has 92 valence electrons. The summed E-state index contributed by atoms with van der Waals surface area (Å²) in [4.78, 5) is 8.26. The van der Waals surface area contributed by atoms with Crippen LogP contribution in [0.3, 0.4) is 0 Å². The minimum Gasteiger partial charge on any atom is -0.368 e. The van der Waals surface area contributed by atoms with Crippen LogP contribution in [0.4, 0.5) is 11.8 Å². The van der Waals surface area contributed by atoms with Crippen molar-refractivity contribution in [3.63, 3.8) is 0 Å². The molecule has 0 atom stereocenters. The molecule has 2 aromatic heterocycles. The van der Waals surface area contributed by atoms with Gasteiger partial charge in [0.25, 0.3) is 0 Å². The highest BCUT2D eigenvalue weighted by Crippen LogP contribution is 2.24. The van der Waals surface area contributed by atoms with Gasteiger partial charge in [-0.05, 0) is 20.1 Å². The lowest BCUT2D eigenvalue weighted by Gasteiger charge is -2.22. The molecule has 2 rings (SSSR count). The lowest BCUT2D eigenvalue weighted by molar-refractivity contribution is 0.751. The van der Waals surface area contributed by atoms with Crippen LogP contribution in [0, 0.1) is 0 Å². The second kappa shape index (κ2) is 4.40. The van der Waals surface area contributed by atoms with Crippen LogP contribution in [0.1, 0.15) is 13.8 Å². The summed E-state index contributed by atoms with van der Waals surface area (Å²) in [6.07, 6.45) is 3.78. The first-order valence-electron chi connectivity index (χ1n) is 5.27. The quantitative estimate of drug-likeness (QED) is 0.763. The molecule has 0 amide bonds. The van der Waals surface area contributed by atoms with Crippen LogP contribution in [0.15, 0.2) is 6.20 Å². The number of rotatable bonds is 4. The Morgan fingerprint density at radius 2 is 2.24 bits per heavy atom. The molecule has 0 radical (unpaired) electrons. The number of thioether (sulfide) groups is 1. The van der Waals surface area contributed by atoms with Crippen LogP contribution in [-0.2, 0) is 0 Å². The van der Waals surface area contributed by atoms with E-state index >= 15 is 0 Å². The number of H-pyrrole nitrogens is 1. The summed E-state index contributed by atoms with van der Waals surface area (Å²) >= 11 is 1.80. The molecule has 6 nitrogen and oxygen atoms in total. The molecule has 0 unspecified atom stereocenters. The van der Waals surface area contributed by atoms with Crippen molar-refractivity contribution in [3.05, 3.63) is 6.20 Å². The zero-order valence-corrected chi connectivity index (χ0v) is 10.9. The van der Waals surface area contributed by atoms with Gasteiger partial charge in [-0.3, -0.25) is 5.10 Å². The monoisotopic (exact) mass is 252 g/mol. The molecular weight excluding hydrogens is 236 g/mol. The molecule has 0 fully saturated rings. The predicted molar refractivity (Wildman–Crippen MR) is 72.2 cm³/mol. The van der Waals surface area contributed by atoms with Crippen molar-refractivity contribution in [1.29, 1.82) is 0 Å². The maximum Gasteiger partial charge on any atom is 0.224 e. The van der Waals surface area contributed by atoms with Gasteiger partial charge in [-0.2, -0.15) is 26.8 Å². The maximum atomic E-state index is 5.64. The van der Waals surface area contributed by atoms with Crippen molar-refractivity contribution < 1.29 is 0 Å².